The number of nitrogens with zero attached hydrogens (tertiary/aromatic N) is 3. The van der Waals surface area contributed by atoms with Gasteiger partial charge in [-0.2, -0.15) is 10.1 Å². The van der Waals surface area contributed by atoms with Gasteiger partial charge in [0.05, 0.1) is 6.20 Å². The van der Waals surface area contributed by atoms with Crippen molar-refractivity contribution >= 4 is 11.8 Å². The first kappa shape index (κ1) is 12.7. The van der Waals surface area contributed by atoms with Crippen LogP contribution in [0.3, 0.4) is 0 Å². The van der Waals surface area contributed by atoms with Gasteiger partial charge in [0.15, 0.2) is 0 Å². The van der Waals surface area contributed by atoms with Crippen LogP contribution in [-0.2, 0) is 0 Å². The number of anilines is 2. The van der Waals surface area contributed by atoms with Gasteiger partial charge in [-0.1, -0.05) is 20.8 Å². The van der Waals surface area contributed by atoms with E-state index in [1.807, 2.05) is 0 Å². The van der Waals surface area contributed by atoms with Crippen molar-refractivity contribution in [1.82, 2.24) is 15.2 Å². The highest BCUT2D eigenvalue weighted by molar-refractivity contribution is 5.36. The molecular formula is C11H21N5. The molecule has 1 aromatic heterocycles. The quantitative estimate of drug-likeness (QED) is 0.741. The van der Waals surface area contributed by atoms with Gasteiger partial charge in [0.1, 0.15) is 5.82 Å². The molecule has 0 saturated heterocycles. The molecule has 5 heteroatoms. The zero-order chi connectivity index (χ0) is 11.8. The lowest BCUT2D eigenvalue weighted by molar-refractivity contribution is 0.606. The molecule has 0 aliphatic heterocycles. The predicted octanol–water partition coefficient (Wildman–Crippen LogP) is 2.15. The van der Waals surface area contributed by atoms with Crippen LogP contribution in [0, 0.1) is 5.92 Å². The number of hydrogen-bond donors (Lipinski definition) is 2. The fourth-order valence-corrected chi connectivity index (χ4v) is 1.19. The van der Waals surface area contributed by atoms with Gasteiger partial charge in [0, 0.05) is 13.1 Å². The minimum atomic E-state index is 0.594. The van der Waals surface area contributed by atoms with Gasteiger partial charge in [0.25, 0.3) is 0 Å². The van der Waals surface area contributed by atoms with Gasteiger partial charge in [-0.05, 0) is 18.8 Å². The Balaban J connectivity index is 2.40. The molecule has 90 valence electrons. The predicted molar refractivity (Wildman–Crippen MR) is 66.6 cm³/mol. The normalized spacial score (nSPS) is 10.5. The second-order valence-corrected chi connectivity index (χ2v) is 4.20. The molecule has 0 aliphatic rings. The second kappa shape index (κ2) is 6.98. The zero-order valence-corrected chi connectivity index (χ0v) is 10.3. The fourth-order valence-electron chi connectivity index (χ4n) is 1.19. The van der Waals surface area contributed by atoms with Crippen LogP contribution >= 0.6 is 0 Å². The summed E-state index contributed by atoms with van der Waals surface area (Å²) in [5.74, 6) is 2.07. The summed E-state index contributed by atoms with van der Waals surface area (Å²) >= 11 is 0. The Hall–Kier alpha value is -1.39. The molecular weight excluding hydrogens is 202 g/mol. The first-order valence-corrected chi connectivity index (χ1v) is 5.89. The Bertz CT molecular complexity index is 300. The lowest BCUT2D eigenvalue weighted by atomic mass is 10.1. The highest BCUT2D eigenvalue weighted by atomic mass is 15.3. The Morgan fingerprint density at radius 3 is 2.75 bits per heavy atom. The molecule has 1 aromatic rings. The highest BCUT2D eigenvalue weighted by Crippen LogP contribution is 2.05. The van der Waals surface area contributed by atoms with E-state index in [2.05, 4.69) is 46.6 Å². The summed E-state index contributed by atoms with van der Waals surface area (Å²) in [6.45, 7) is 8.30. The summed E-state index contributed by atoms with van der Waals surface area (Å²) in [4.78, 5) is 4.31. The number of rotatable bonds is 7. The van der Waals surface area contributed by atoms with Gasteiger partial charge in [-0.15, -0.1) is 5.10 Å². The monoisotopic (exact) mass is 223 g/mol. The summed E-state index contributed by atoms with van der Waals surface area (Å²) in [6, 6.07) is 0. The van der Waals surface area contributed by atoms with Gasteiger partial charge in [0.2, 0.25) is 5.95 Å². The maximum atomic E-state index is 4.31. The van der Waals surface area contributed by atoms with Crippen LogP contribution in [0.5, 0.6) is 0 Å². The molecule has 0 atom stereocenters. The van der Waals surface area contributed by atoms with Crippen LogP contribution in [-0.4, -0.2) is 28.3 Å². The highest BCUT2D eigenvalue weighted by Gasteiger charge is 1.99. The van der Waals surface area contributed by atoms with Crippen molar-refractivity contribution in [3.8, 4) is 0 Å². The van der Waals surface area contributed by atoms with Crippen molar-refractivity contribution in [2.24, 2.45) is 5.92 Å². The third kappa shape index (κ3) is 4.91. The molecule has 16 heavy (non-hydrogen) atoms. The molecule has 5 nitrogen and oxygen atoms in total. The van der Waals surface area contributed by atoms with Crippen LogP contribution in [0.15, 0.2) is 6.20 Å². The average molecular weight is 223 g/mol. The van der Waals surface area contributed by atoms with Crippen LogP contribution in [0.2, 0.25) is 0 Å². The summed E-state index contributed by atoms with van der Waals surface area (Å²) in [5, 5.41) is 14.2. The molecule has 2 N–H and O–H groups in total. The lowest BCUT2D eigenvalue weighted by Gasteiger charge is -2.08. The molecule has 0 aliphatic carbocycles. The summed E-state index contributed by atoms with van der Waals surface area (Å²) < 4.78 is 0. The van der Waals surface area contributed by atoms with Crippen molar-refractivity contribution in [3.63, 3.8) is 0 Å². The SMILES string of the molecule is CCCNc1nncc(NCCC(C)C)n1. The molecule has 1 heterocycles. The average Bonchev–Trinajstić information content (AvgIpc) is 2.26. The van der Waals surface area contributed by atoms with Gasteiger partial charge < -0.3 is 10.6 Å². The van der Waals surface area contributed by atoms with Gasteiger partial charge >= 0.3 is 0 Å². The van der Waals surface area contributed by atoms with E-state index in [0.29, 0.717) is 11.9 Å². The van der Waals surface area contributed by atoms with Crippen LogP contribution in [0.25, 0.3) is 0 Å². The van der Waals surface area contributed by atoms with Crippen molar-refractivity contribution in [3.05, 3.63) is 6.20 Å². The van der Waals surface area contributed by atoms with E-state index >= 15 is 0 Å². The van der Waals surface area contributed by atoms with E-state index in [1.54, 1.807) is 6.20 Å². The van der Waals surface area contributed by atoms with Crippen molar-refractivity contribution < 1.29 is 0 Å². The summed E-state index contributed by atoms with van der Waals surface area (Å²) in [5.41, 5.74) is 0. The third-order valence-electron chi connectivity index (χ3n) is 2.12. The van der Waals surface area contributed by atoms with Crippen molar-refractivity contribution in [1.29, 1.82) is 0 Å². The Morgan fingerprint density at radius 1 is 1.25 bits per heavy atom. The minimum Gasteiger partial charge on any atom is -0.369 e. The molecule has 0 bridgehead atoms. The largest absolute Gasteiger partial charge is 0.369 e. The molecule has 0 radical (unpaired) electrons. The topological polar surface area (TPSA) is 62.7 Å². The maximum absolute atomic E-state index is 4.31. The van der Waals surface area contributed by atoms with E-state index < -0.39 is 0 Å². The molecule has 0 fully saturated rings. The molecule has 0 saturated carbocycles. The van der Waals surface area contributed by atoms with Crippen LogP contribution in [0.1, 0.15) is 33.6 Å². The second-order valence-electron chi connectivity index (χ2n) is 4.20. The van der Waals surface area contributed by atoms with Crippen molar-refractivity contribution in [2.45, 2.75) is 33.6 Å². The summed E-state index contributed by atoms with van der Waals surface area (Å²) in [7, 11) is 0. The third-order valence-corrected chi connectivity index (χ3v) is 2.12. The molecule has 0 aromatic carbocycles. The smallest absolute Gasteiger partial charge is 0.244 e. The lowest BCUT2D eigenvalue weighted by Crippen LogP contribution is -2.10. The van der Waals surface area contributed by atoms with E-state index in [-0.39, 0.29) is 0 Å². The van der Waals surface area contributed by atoms with E-state index in [4.69, 9.17) is 0 Å². The van der Waals surface area contributed by atoms with E-state index in [0.717, 1.165) is 31.7 Å². The minimum absolute atomic E-state index is 0.594. The summed E-state index contributed by atoms with van der Waals surface area (Å²) in [6.07, 6.45) is 3.83. The molecule has 0 amide bonds. The molecule has 0 spiro atoms. The first-order valence-electron chi connectivity index (χ1n) is 5.89. The number of aromatic nitrogens is 3. The van der Waals surface area contributed by atoms with E-state index in [9.17, 15) is 0 Å². The molecule has 0 unspecified atom stereocenters. The maximum Gasteiger partial charge on any atom is 0.244 e. The van der Waals surface area contributed by atoms with E-state index in [1.165, 1.54) is 0 Å². The van der Waals surface area contributed by atoms with Gasteiger partial charge in [-0.3, -0.25) is 0 Å². The molecule has 1 rings (SSSR count). The zero-order valence-electron chi connectivity index (χ0n) is 10.3. The Labute approximate surface area is 97.1 Å². The van der Waals surface area contributed by atoms with Gasteiger partial charge in [-0.25, -0.2) is 0 Å². The number of hydrogen-bond acceptors (Lipinski definition) is 5. The first-order chi connectivity index (χ1) is 7.72. The number of nitrogens with one attached hydrogen (secondary N) is 2. The standard InChI is InChI=1S/C11H21N5/c1-4-6-13-11-15-10(8-14-16-11)12-7-5-9(2)3/h8-9H,4-7H2,1-3H3,(H2,12,13,15,16). The Kier molecular flexibility index (Phi) is 5.53. The Morgan fingerprint density at radius 2 is 2.06 bits per heavy atom. The fraction of sp³-hybridized carbons (Fsp3) is 0.727. The van der Waals surface area contributed by atoms with Crippen molar-refractivity contribution in [2.75, 3.05) is 23.7 Å². The van der Waals surface area contributed by atoms with Crippen LogP contribution < -0.4 is 10.6 Å². The van der Waals surface area contributed by atoms with Crippen LogP contribution in [0.4, 0.5) is 11.8 Å².